The Morgan fingerprint density at radius 3 is 2.70 bits per heavy atom. The molecule has 0 spiro atoms. The Balaban J connectivity index is 2.34. The summed E-state index contributed by atoms with van der Waals surface area (Å²) < 4.78 is 3.09. The maximum atomic E-state index is 5.91. The van der Waals surface area contributed by atoms with Crippen molar-refractivity contribution in [3.05, 3.63) is 52.4 Å². The molecule has 0 amide bonds. The number of imidazole rings is 1. The van der Waals surface area contributed by atoms with E-state index >= 15 is 0 Å². The second-order valence-corrected chi connectivity index (χ2v) is 5.78. The first-order valence-electron chi connectivity index (χ1n) is 6.36. The molecule has 5 heteroatoms. The Hall–Kier alpha value is -1.39. The lowest BCUT2D eigenvalue weighted by atomic mass is 10.3. The fourth-order valence-electron chi connectivity index (χ4n) is 2.24. The first kappa shape index (κ1) is 13.6. The van der Waals surface area contributed by atoms with Crippen molar-refractivity contribution in [2.75, 3.05) is 5.88 Å². The maximum absolute atomic E-state index is 5.91. The van der Waals surface area contributed by atoms with Gasteiger partial charge in [-0.1, -0.05) is 12.1 Å². The number of aryl methyl sites for hydroxylation is 2. The van der Waals surface area contributed by atoms with Crippen LogP contribution in [0.5, 0.6) is 0 Å². The molecule has 0 N–H and O–H groups in total. The smallest absolute Gasteiger partial charge is 0.164 e. The number of hydrogen-bond acceptors (Lipinski definition) is 2. The van der Waals surface area contributed by atoms with Crippen LogP contribution in [0.3, 0.4) is 0 Å². The SMILES string of the molecule is Cc1ccc2nc(CCCl)n(-c3ccccc3Br)c2n1. The fourth-order valence-corrected chi connectivity index (χ4v) is 2.87. The van der Waals surface area contributed by atoms with Gasteiger partial charge in [0.05, 0.1) is 5.69 Å². The van der Waals surface area contributed by atoms with Crippen LogP contribution in [0.2, 0.25) is 0 Å². The molecular weight excluding hydrogens is 338 g/mol. The molecule has 0 unspecified atom stereocenters. The zero-order valence-corrected chi connectivity index (χ0v) is 13.3. The number of fused-ring (bicyclic) bond motifs is 1. The third-order valence-corrected chi connectivity index (χ3v) is 3.98. The topological polar surface area (TPSA) is 30.7 Å². The number of halogens is 2. The Bertz CT molecular complexity index is 767. The van der Waals surface area contributed by atoms with Gasteiger partial charge >= 0.3 is 0 Å². The standard InChI is InChI=1S/C15H13BrClN3/c1-10-6-7-12-15(18-10)20(14(19-12)8-9-17)13-5-3-2-4-11(13)16/h2-7H,8-9H2,1H3. The lowest BCUT2D eigenvalue weighted by Crippen LogP contribution is -2.04. The number of aromatic nitrogens is 3. The highest BCUT2D eigenvalue weighted by molar-refractivity contribution is 9.10. The lowest BCUT2D eigenvalue weighted by molar-refractivity contribution is 0.901. The highest BCUT2D eigenvalue weighted by atomic mass is 79.9. The Kier molecular flexibility index (Phi) is 3.76. The van der Waals surface area contributed by atoms with Crippen molar-refractivity contribution in [1.82, 2.24) is 14.5 Å². The van der Waals surface area contributed by atoms with Crippen LogP contribution < -0.4 is 0 Å². The predicted octanol–water partition coefficient (Wildman–Crippen LogP) is 4.27. The minimum Gasteiger partial charge on any atom is -0.280 e. The van der Waals surface area contributed by atoms with Gasteiger partial charge in [0.2, 0.25) is 0 Å². The number of hydrogen-bond donors (Lipinski definition) is 0. The Morgan fingerprint density at radius 2 is 1.95 bits per heavy atom. The summed E-state index contributed by atoms with van der Waals surface area (Å²) in [5, 5.41) is 0. The normalized spacial score (nSPS) is 11.2. The van der Waals surface area contributed by atoms with Crippen molar-refractivity contribution in [3.8, 4) is 5.69 Å². The zero-order chi connectivity index (χ0) is 14.1. The molecule has 0 aliphatic carbocycles. The van der Waals surface area contributed by atoms with E-state index < -0.39 is 0 Å². The van der Waals surface area contributed by atoms with E-state index in [-0.39, 0.29) is 0 Å². The van der Waals surface area contributed by atoms with Crippen LogP contribution in [-0.2, 0) is 6.42 Å². The van der Waals surface area contributed by atoms with Gasteiger partial charge < -0.3 is 0 Å². The largest absolute Gasteiger partial charge is 0.280 e. The summed E-state index contributed by atoms with van der Waals surface area (Å²) in [6.07, 6.45) is 0.707. The van der Waals surface area contributed by atoms with E-state index in [1.165, 1.54) is 0 Å². The summed E-state index contributed by atoms with van der Waals surface area (Å²) in [5.74, 6) is 1.47. The number of nitrogens with zero attached hydrogens (tertiary/aromatic N) is 3. The number of pyridine rings is 1. The van der Waals surface area contributed by atoms with E-state index in [9.17, 15) is 0 Å². The van der Waals surface area contributed by atoms with Crippen molar-refractivity contribution >= 4 is 38.7 Å². The van der Waals surface area contributed by atoms with Crippen LogP contribution in [0.25, 0.3) is 16.9 Å². The van der Waals surface area contributed by atoms with Gasteiger partial charge in [-0.15, -0.1) is 11.6 Å². The summed E-state index contributed by atoms with van der Waals surface area (Å²) in [6, 6.07) is 12.0. The Labute approximate surface area is 130 Å². The molecule has 0 atom stereocenters. The summed E-state index contributed by atoms with van der Waals surface area (Å²) in [6.45, 7) is 1.98. The van der Waals surface area contributed by atoms with Gasteiger partial charge in [0.15, 0.2) is 5.65 Å². The van der Waals surface area contributed by atoms with Crippen molar-refractivity contribution in [2.24, 2.45) is 0 Å². The number of rotatable bonds is 3. The fraction of sp³-hybridized carbons (Fsp3) is 0.200. The summed E-state index contributed by atoms with van der Waals surface area (Å²) >= 11 is 9.51. The Morgan fingerprint density at radius 1 is 1.15 bits per heavy atom. The van der Waals surface area contributed by atoms with Crippen molar-refractivity contribution in [1.29, 1.82) is 0 Å². The molecule has 0 aliphatic rings. The van der Waals surface area contributed by atoms with Gasteiger partial charge in [0.1, 0.15) is 11.3 Å². The molecule has 2 heterocycles. The van der Waals surface area contributed by atoms with Crippen LogP contribution in [0.4, 0.5) is 0 Å². The van der Waals surface area contributed by atoms with Crippen molar-refractivity contribution in [3.63, 3.8) is 0 Å². The molecule has 20 heavy (non-hydrogen) atoms. The molecule has 0 saturated heterocycles. The van der Waals surface area contributed by atoms with Crippen LogP contribution >= 0.6 is 27.5 Å². The molecule has 3 nitrogen and oxygen atoms in total. The van der Waals surface area contributed by atoms with Gasteiger partial charge in [-0.05, 0) is 47.1 Å². The highest BCUT2D eigenvalue weighted by Crippen LogP contribution is 2.26. The number of alkyl halides is 1. The van der Waals surface area contributed by atoms with Gasteiger partial charge in [-0.2, -0.15) is 0 Å². The molecule has 0 fully saturated rings. The quantitative estimate of drug-likeness (QED) is 0.660. The van der Waals surface area contributed by atoms with Crippen molar-refractivity contribution in [2.45, 2.75) is 13.3 Å². The number of benzene rings is 1. The van der Waals surface area contributed by atoms with Gasteiger partial charge in [-0.25, -0.2) is 9.97 Å². The van der Waals surface area contributed by atoms with Gasteiger partial charge in [0.25, 0.3) is 0 Å². The van der Waals surface area contributed by atoms with E-state index in [1.54, 1.807) is 0 Å². The minimum absolute atomic E-state index is 0.534. The molecule has 1 aromatic carbocycles. The molecule has 102 valence electrons. The third-order valence-electron chi connectivity index (χ3n) is 3.12. The first-order valence-corrected chi connectivity index (χ1v) is 7.69. The van der Waals surface area contributed by atoms with E-state index in [0.717, 1.165) is 32.8 Å². The van der Waals surface area contributed by atoms with Crippen LogP contribution in [0.1, 0.15) is 11.5 Å². The molecule has 0 bridgehead atoms. The first-order chi connectivity index (χ1) is 9.70. The van der Waals surface area contributed by atoms with E-state index in [0.29, 0.717) is 12.3 Å². The average molecular weight is 351 g/mol. The minimum atomic E-state index is 0.534. The van der Waals surface area contributed by atoms with E-state index in [1.807, 2.05) is 43.3 Å². The maximum Gasteiger partial charge on any atom is 0.164 e. The van der Waals surface area contributed by atoms with Gasteiger partial charge in [0, 0.05) is 22.5 Å². The van der Waals surface area contributed by atoms with Crippen LogP contribution in [0, 0.1) is 6.92 Å². The molecule has 3 aromatic rings. The van der Waals surface area contributed by atoms with Gasteiger partial charge in [-0.3, -0.25) is 4.57 Å². The monoisotopic (exact) mass is 349 g/mol. The van der Waals surface area contributed by atoms with Crippen LogP contribution in [-0.4, -0.2) is 20.4 Å². The second kappa shape index (κ2) is 5.54. The van der Waals surface area contributed by atoms with E-state index in [2.05, 4.69) is 30.5 Å². The van der Waals surface area contributed by atoms with E-state index in [4.69, 9.17) is 11.6 Å². The molecule has 3 rings (SSSR count). The molecule has 0 aliphatic heterocycles. The zero-order valence-electron chi connectivity index (χ0n) is 11.0. The number of para-hydroxylation sites is 1. The lowest BCUT2D eigenvalue weighted by Gasteiger charge is -2.10. The second-order valence-electron chi connectivity index (χ2n) is 4.55. The van der Waals surface area contributed by atoms with Crippen molar-refractivity contribution < 1.29 is 0 Å². The highest BCUT2D eigenvalue weighted by Gasteiger charge is 2.15. The predicted molar refractivity (Wildman–Crippen MR) is 85.7 cm³/mol. The molecular formula is C15H13BrClN3. The average Bonchev–Trinajstić information content (AvgIpc) is 2.77. The van der Waals surface area contributed by atoms with Crippen LogP contribution in [0.15, 0.2) is 40.9 Å². The molecule has 0 radical (unpaired) electrons. The summed E-state index contributed by atoms with van der Waals surface area (Å²) in [4.78, 5) is 9.29. The summed E-state index contributed by atoms with van der Waals surface area (Å²) in [5.41, 5.74) is 3.78. The molecule has 0 saturated carbocycles. The molecule has 2 aromatic heterocycles. The summed E-state index contributed by atoms with van der Waals surface area (Å²) in [7, 11) is 0. The third kappa shape index (κ3) is 2.34.